The molecule has 6 heteroatoms. The van der Waals surface area contributed by atoms with Crippen molar-refractivity contribution < 1.29 is 17.9 Å². The van der Waals surface area contributed by atoms with Crippen LogP contribution in [0.2, 0.25) is 0 Å². The van der Waals surface area contributed by atoms with E-state index >= 15 is 0 Å². The molecule has 1 heterocycles. The Morgan fingerprint density at radius 2 is 2.10 bits per heavy atom. The van der Waals surface area contributed by atoms with E-state index in [2.05, 4.69) is 4.72 Å². The highest BCUT2D eigenvalue weighted by molar-refractivity contribution is 7.90. The summed E-state index contributed by atoms with van der Waals surface area (Å²) in [5.74, 6) is -0.483. The van der Waals surface area contributed by atoms with E-state index < -0.39 is 15.9 Å². The standard InChI is InChI=1S/C15H21NO4S/c1-11-5-7-14(10-12(11)2)21(18,19)16-15(17)8-6-13-4-3-9-20-13/h5,7,10,13H,3-4,6,8-9H2,1-2H3,(H,16,17)/t13-/m1/s1. The topological polar surface area (TPSA) is 72.5 Å². The van der Waals surface area contributed by atoms with Gasteiger partial charge in [0, 0.05) is 13.0 Å². The average molecular weight is 311 g/mol. The first-order valence-corrected chi connectivity index (χ1v) is 8.61. The third-order valence-corrected chi connectivity index (χ3v) is 5.13. The number of aryl methyl sites for hydroxylation is 2. The van der Waals surface area contributed by atoms with Crippen LogP contribution in [0.1, 0.15) is 36.8 Å². The smallest absolute Gasteiger partial charge is 0.264 e. The van der Waals surface area contributed by atoms with E-state index in [1.165, 1.54) is 6.07 Å². The first-order chi connectivity index (χ1) is 9.88. The minimum Gasteiger partial charge on any atom is -0.378 e. The summed E-state index contributed by atoms with van der Waals surface area (Å²) < 4.78 is 31.8. The van der Waals surface area contributed by atoms with Gasteiger partial charge in [0.1, 0.15) is 0 Å². The lowest BCUT2D eigenvalue weighted by molar-refractivity contribution is -0.119. The molecule has 1 amide bonds. The molecule has 1 saturated heterocycles. The molecule has 2 rings (SSSR count). The van der Waals surface area contributed by atoms with Gasteiger partial charge in [0.15, 0.2) is 0 Å². The maximum Gasteiger partial charge on any atom is 0.264 e. The van der Waals surface area contributed by atoms with Crippen LogP contribution in [0.3, 0.4) is 0 Å². The highest BCUT2D eigenvalue weighted by Crippen LogP contribution is 2.18. The molecule has 5 nitrogen and oxygen atoms in total. The van der Waals surface area contributed by atoms with Crippen molar-refractivity contribution in [2.24, 2.45) is 0 Å². The summed E-state index contributed by atoms with van der Waals surface area (Å²) in [4.78, 5) is 11.9. The maximum atomic E-state index is 12.1. The Labute approximate surface area is 125 Å². The second-order valence-corrected chi connectivity index (χ2v) is 7.13. The van der Waals surface area contributed by atoms with Gasteiger partial charge in [-0.15, -0.1) is 0 Å². The van der Waals surface area contributed by atoms with Gasteiger partial charge in [-0.1, -0.05) is 6.07 Å². The average Bonchev–Trinajstić information content (AvgIpc) is 2.92. The summed E-state index contributed by atoms with van der Waals surface area (Å²) in [5, 5.41) is 0. The quantitative estimate of drug-likeness (QED) is 0.903. The van der Waals surface area contributed by atoms with Crippen LogP contribution in [0.15, 0.2) is 23.1 Å². The van der Waals surface area contributed by atoms with E-state index in [1.54, 1.807) is 12.1 Å². The van der Waals surface area contributed by atoms with Crippen LogP contribution in [-0.2, 0) is 19.6 Å². The molecule has 0 aromatic heterocycles. The molecule has 0 spiro atoms. The first-order valence-electron chi connectivity index (χ1n) is 7.13. The largest absolute Gasteiger partial charge is 0.378 e. The zero-order valence-corrected chi connectivity index (χ0v) is 13.2. The number of hydrogen-bond acceptors (Lipinski definition) is 4. The molecule has 1 fully saturated rings. The molecule has 1 aromatic carbocycles. The lowest BCUT2D eigenvalue weighted by Crippen LogP contribution is -2.31. The Bertz CT molecular complexity index is 619. The predicted molar refractivity (Wildman–Crippen MR) is 79.5 cm³/mol. The van der Waals surface area contributed by atoms with E-state index in [-0.39, 0.29) is 17.4 Å². The number of rotatable bonds is 5. The summed E-state index contributed by atoms with van der Waals surface area (Å²) >= 11 is 0. The van der Waals surface area contributed by atoms with Gasteiger partial charge in [0.25, 0.3) is 10.0 Å². The maximum absolute atomic E-state index is 12.1. The molecule has 1 aliphatic heterocycles. The molecule has 0 radical (unpaired) electrons. The van der Waals surface area contributed by atoms with Crippen LogP contribution in [0.4, 0.5) is 0 Å². The van der Waals surface area contributed by atoms with Crippen LogP contribution in [0, 0.1) is 13.8 Å². The van der Waals surface area contributed by atoms with E-state index in [4.69, 9.17) is 4.74 Å². The number of sulfonamides is 1. The second-order valence-electron chi connectivity index (χ2n) is 5.45. The number of ether oxygens (including phenoxy) is 1. The molecular formula is C15H21NO4S. The molecule has 0 saturated carbocycles. The fraction of sp³-hybridized carbons (Fsp3) is 0.533. The Morgan fingerprint density at radius 1 is 1.33 bits per heavy atom. The van der Waals surface area contributed by atoms with Crippen molar-refractivity contribution in [1.29, 1.82) is 0 Å². The number of carbonyl (C=O) groups excluding carboxylic acids is 1. The molecule has 0 bridgehead atoms. The molecule has 116 valence electrons. The van der Waals surface area contributed by atoms with Crippen molar-refractivity contribution in [3.63, 3.8) is 0 Å². The number of nitrogens with one attached hydrogen (secondary N) is 1. The Kier molecular flexibility index (Phi) is 5.00. The summed E-state index contributed by atoms with van der Waals surface area (Å²) in [6.45, 7) is 4.48. The van der Waals surface area contributed by atoms with Gasteiger partial charge < -0.3 is 4.74 Å². The predicted octanol–water partition coefficient (Wildman–Crippen LogP) is 2.07. The number of hydrogen-bond donors (Lipinski definition) is 1. The minimum absolute atomic E-state index is 0.0834. The molecule has 1 atom stereocenters. The van der Waals surface area contributed by atoms with Crippen molar-refractivity contribution in [3.8, 4) is 0 Å². The molecule has 1 aliphatic rings. The van der Waals surface area contributed by atoms with Crippen molar-refractivity contribution >= 4 is 15.9 Å². The number of amides is 1. The van der Waals surface area contributed by atoms with Gasteiger partial charge in [0.05, 0.1) is 11.0 Å². The zero-order valence-electron chi connectivity index (χ0n) is 12.4. The summed E-state index contributed by atoms with van der Waals surface area (Å²) in [6.07, 6.45) is 2.76. The van der Waals surface area contributed by atoms with E-state index in [9.17, 15) is 13.2 Å². The molecule has 1 aromatic rings. The van der Waals surface area contributed by atoms with Gasteiger partial charge in [-0.3, -0.25) is 4.79 Å². The number of benzene rings is 1. The van der Waals surface area contributed by atoms with Crippen molar-refractivity contribution in [2.75, 3.05) is 6.61 Å². The zero-order chi connectivity index (χ0) is 15.5. The van der Waals surface area contributed by atoms with E-state index in [0.29, 0.717) is 6.42 Å². The lowest BCUT2D eigenvalue weighted by atomic mass is 10.1. The SMILES string of the molecule is Cc1ccc(S(=O)(=O)NC(=O)CC[C@H]2CCCO2)cc1C. The first kappa shape index (κ1) is 16.0. The van der Waals surface area contributed by atoms with Crippen LogP contribution in [-0.4, -0.2) is 27.0 Å². The van der Waals surface area contributed by atoms with Crippen molar-refractivity contribution in [1.82, 2.24) is 4.72 Å². The van der Waals surface area contributed by atoms with Crippen LogP contribution in [0.25, 0.3) is 0 Å². The highest BCUT2D eigenvalue weighted by atomic mass is 32.2. The Morgan fingerprint density at radius 3 is 2.71 bits per heavy atom. The van der Waals surface area contributed by atoms with Crippen LogP contribution in [0.5, 0.6) is 0 Å². The van der Waals surface area contributed by atoms with Gasteiger partial charge in [-0.25, -0.2) is 13.1 Å². The monoisotopic (exact) mass is 311 g/mol. The van der Waals surface area contributed by atoms with E-state index in [0.717, 1.165) is 30.6 Å². The summed E-state index contributed by atoms with van der Waals surface area (Å²) in [7, 11) is -3.78. The molecular weight excluding hydrogens is 290 g/mol. The molecule has 21 heavy (non-hydrogen) atoms. The molecule has 0 aliphatic carbocycles. The minimum atomic E-state index is -3.78. The van der Waals surface area contributed by atoms with Gasteiger partial charge >= 0.3 is 0 Å². The Hall–Kier alpha value is -1.40. The lowest BCUT2D eigenvalue weighted by Gasteiger charge is -2.11. The van der Waals surface area contributed by atoms with Crippen molar-refractivity contribution in [2.45, 2.75) is 50.5 Å². The van der Waals surface area contributed by atoms with Gasteiger partial charge in [0.2, 0.25) is 5.91 Å². The highest BCUT2D eigenvalue weighted by Gasteiger charge is 2.21. The summed E-state index contributed by atoms with van der Waals surface area (Å²) in [5.41, 5.74) is 1.89. The fourth-order valence-corrected chi connectivity index (χ4v) is 3.40. The van der Waals surface area contributed by atoms with E-state index in [1.807, 2.05) is 13.8 Å². The molecule has 0 unspecified atom stereocenters. The normalized spacial score (nSPS) is 18.7. The number of carbonyl (C=O) groups is 1. The van der Waals surface area contributed by atoms with Crippen LogP contribution < -0.4 is 4.72 Å². The Balaban J connectivity index is 1.96. The van der Waals surface area contributed by atoms with Crippen LogP contribution >= 0.6 is 0 Å². The third-order valence-electron chi connectivity index (χ3n) is 3.75. The van der Waals surface area contributed by atoms with Gasteiger partial charge in [-0.2, -0.15) is 0 Å². The summed E-state index contributed by atoms with van der Waals surface area (Å²) in [6, 6.07) is 4.82. The second kappa shape index (κ2) is 6.58. The third kappa shape index (κ3) is 4.28. The molecule has 1 N–H and O–H groups in total. The van der Waals surface area contributed by atoms with Gasteiger partial charge in [-0.05, 0) is 56.4 Å². The fourth-order valence-electron chi connectivity index (χ4n) is 2.30. The van der Waals surface area contributed by atoms with Crippen molar-refractivity contribution in [3.05, 3.63) is 29.3 Å².